The van der Waals surface area contributed by atoms with Crippen LogP contribution >= 0.6 is 0 Å². The van der Waals surface area contributed by atoms with Gasteiger partial charge in [-0.1, -0.05) is 25.1 Å². The highest BCUT2D eigenvalue weighted by Crippen LogP contribution is 2.34. The van der Waals surface area contributed by atoms with Crippen LogP contribution in [0.4, 0.5) is 0 Å². The molecule has 2 aromatic carbocycles. The standard InChI is InChI=1S/C19H21NO/c1-5-15-16-8-6-7-9-17(16)20-18(15)14-10-12(2)19(21-4)13(3)11-14/h6-11,20H,5H2,1-4H3. The summed E-state index contributed by atoms with van der Waals surface area (Å²) in [5.41, 5.74) is 7.40. The van der Waals surface area contributed by atoms with Gasteiger partial charge in [0.2, 0.25) is 0 Å². The van der Waals surface area contributed by atoms with Gasteiger partial charge < -0.3 is 9.72 Å². The van der Waals surface area contributed by atoms with E-state index in [1.165, 1.54) is 38.9 Å². The maximum atomic E-state index is 5.47. The van der Waals surface area contributed by atoms with Crippen LogP contribution < -0.4 is 4.74 Å². The molecular weight excluding hydrogens is 258 g/mol. The Morgan fingerprint density at radius 3 is 2.33 bits per heavy atom. The molecule has 1 aromatic heterocycles. The van der Waals surface area contributed by atoms with Crippen molar-refractivity contribution in [2.75, 3.05) is 7.11 Å². The van der Waals surface area contributed by atoms with E-state index in [1.807, 2.05) is 0 Å². The van der Waals surface area contributed by atoms with Gasteiger partial charge in [0.15, 0.2) is 0 Å². The van der Waals surface area contributed by atoms with E-state index in [0.717, 1.165) is 12.2 Å². The maximum absolute atomic E-state index is 5.47. The number of benzene rings is 2. The Labute approximate surface area is 125 Å². The minimum absolute atomic E-state index is 0.980. The van der Waals surface area contributed by atoms with Crippen LogP contribution in [0.25, 0.3) is 22.2 Å². The number of H-pyrrole nitrogens is 1. The van der Waals surface area contributed by atoms with Gasteiger partial charge in [-0.15, -0.1) is 0 Å². The van der Waals surface area contributed by atoms with Crippen LogP contribution in [0.2, 0.25) is 0 Å². The minimum atomic E-state index is 0.980. The summed E-state index contributed by atoms with van der Waals surface area (Å²) in [5, 5.41) is 1.32. The minimum Gasteiger partial charge on any atom is -0.496 e. The van der Waals surface area contributed by atoms with Crippen LogP contribution in [0.3, 0.4) is 0 Å². The molecular formula is C19H21NO. The molecule has 0 bridgehead atoms. The van der Waals surface area contributed by atoms with E-state index in [4.69, 9.17) is 4.74 Å². The van der Waals surface area contributed by atoms with E-state index in [2.05, 4.69) is 62.2 Å². The van der Waals surface area contributed by atoms with Crippen molar-refractivity contribution in [2.24, 2.45) is 0 Å². The Bertz CT molecular complexity index is 775. The molecule has 0 spiro atoms. The van der Waals surface area contributed by atoms with Crippen LogP contribution in [0, 0.1) is 13.8 Å². The van der Waals surface area contributed by atoms with Gasteiger partial charge in [0.1, 0.15) is 5.75 Å². The van der Waals surface area contributed by atoms with Crippen molar-refractivity contribution in [2.45, 2.75) is 27.2 Å². The molecule has 0 saturated heterocycles. The van der Waals surface area contributed by atoms with Gasteiger partial charge in [-0.05, 0) is 60.7 Å². The molecule has 0 atom stereocenters. The van der Waals surface area contributed by atoms with E-state index >= 15 is 0 Å². The lowest BCUT2D eigenvalue weighted by atomic mass is 9.99. The smallest absolute Gasteiger partial charge is 0.124 e. The lowest BCUT2D eigenvalue weighted by Crippen LogP contribution is -1.93. The Kier molecular flexibility index (Phi) is 3.46. The molecule has 0 amide bonds. The van der Waals surface area contributed by atoms with Crippen LogP contribution in [0.15, 0.2) is 36.4 Å². The van der Waals surface area contributed by atoms with Crippen molar-refractivity contribution in [3.63, 3.8) is 0 Å². The number of fused-ring (bicyclic) bond motifs is 1. The first-order valence-electron chi connectivity index (χ1n) is 7.41. The molecule has 0 unspecified atom stereocenters. The number of rotatable bonds is 3. The third-order valence-corrected chi connectivity index (χ3v) is 4.12. The zero-order valence-electron chi connectivity index (χ0n) is 13.1. The third-order valence-electron chi connectivity index (χ3n) is 4.12. The Balaban J connectivity index is 2.25. The molecule has 0 aliphatic carbocycles. The van der Waals surface area contributed by atoms with Gasteiger partial charge in [-0.25, -0.2) is 0 Å². The van der Waals surface area contributed by atoms with Crippen molar-refractivity contribution in [1.29, 1.82) is 0 Å². The highest BCUT2D eigenvalue weighted by molar-refractivity contribution is 5.91. The lowest BCUT2D eigenvalue weighted by Gasteiger charge is -2.11. The summed E-state index contributed by atoms with van der Waals surface area (Å²) >= 11 is 0. The number of hydrogen-bond donors (Lipinski definition) is 1. The Morgan fingerprint density at radius 1 is 1.05 bits per heavy atom. The number of ether oxygens (including phenoxy) is 1. The molecule has 0 saturated carbocycles. The highest BCUT2D eigenvalue weighted by atomic mass is 16.5. The first kappa shape index (κ1) is 13.7. The van der Waals surface area contributed by atoms with Gasteiger partial charge in [0.05, 0.1) is 7.11 Å². The second kappa shape index (κ2) is 5.28. The normalized spacial score (nSPS) is 11.0. The van der Waals surface area contributed by atoms with Crippen molar-refractivity contribution in [3.05, 3.63) is 53.1 Å². The monoisotopic (exact) mass is 279 g/mol. The van der Waals surface area contributed by atoms with Crippen LogP contribution in [-0.2, 0) is 6.42 Å². The zero-order valence-corrected chi connectivity index (χ0v) is 13.1. The number of aromatic nitrogens is 1. The first-order valence-corrected chi connectivity index (χ1v) is 7.41. The summed E-state index contributed by atoms with van der Waals surface area (Å²) in [6, 6.07) is 12.9. The number of methoxy groups -OCH3 is 1. The lowest BCUT2D eigenvalue weighted by molar-refractivity contribution is 0.408. The molecule has 3 rings (SSSR count). The maximum Gasteiger partial charge on any atom is 0.124 e. The van der Waals surface area contributed by atoms with E-state index in [9.17, 15) is 0 Å². The fraction of sp³-hybridized carbons (Fsp3) is 0.263. The summed E-state index contributed by atoms with van der Waals surface area (Å²) in [7, 11) is 1.73. The number of para-hydroxylation sites is 1. The van der Waals surface area contributed by atoms with Gasteiger partial charge in [0.25, 0.3) is 0 Å². The van der Waals surface area contributed by atoms with E-state index in [0.29, 0.717) is 0 Å². The molecule has 3 aromatic rings. The predicted octanol–water partition coefficient (Wildman–Crippen LogP) is 5.02. The predicted molar refractivity (Wildman–Crippen MR) is 89.1 cm³/mol. The van der Waals surface area contributed by atoms with Crippen molar-refractivity contribution >= 4 is 10.9 Å². The SMILES string of the molecule is CCc1c(-c2cc(C)c(OC)c(C)c2)[nH]c2ccccc12. The molecule has 1 N–H and O–H groups in total. The Morgan fingerprint density at radius 2 is 1.71 bits per heavy atom. The van der Waals surface area contributed by atoms with Crippen molar-refractivity contribution in [3.8, 4) is 17.0 Å². The molecule has 21 heavy (non-hydrogen) atoms. The molecule has 1 heterocycles. The van der Waals surface area contributed by atoms with E-state index < -0.39 is 0 Å². The molecule has 0 aliphatic rings. The summed E-state index contributed by atoms with van der Waals surface area (Å²) in [4.78, 5) is 3.58. The second-order valence-corrected chi connectivity index (χ2v) is 5.52. The number of aryl methyl sites for hydroxylation is 3. The molecule has 108 valence electrons. The van der Waals surface area contributed by atoms with Gasteiger partial charge >= 0.3 is 0 Å². The van der Waals surface area contributed by atoms with Gasteiger partial charge in [-0.2, -0.15) is 0 Å². The average Bonchev–Trinajstić information content (AvgIpc) is 2.85. The number of hydrogen-bond acceptors (Lipinski definition) is 1. The van der Waals surface area contributed by atoms with E-state index in [-0.39, 0.29) is 0 Å². The second-order valence-electron chi connectivity index (χ2n) is 5.52. The number of aromatic amines is 1. The Hall–Kier alpha value is -2.22. The molecule has 0 fully saturated rings. The van der Waals surface area contributed by atoms with Crippen molar-refractivity contribution in [1.82, 2.24) is 4.98 Å². The average molecular weight is 279 g/mol. The molecule has 0 radical (unpaired) electrons. The quantitative estimate of drug-likeness (QED) is 0.715. The molecule has 2 nitrogen and oxygen atoms in total. The highest BCUT2D eigenvalue weighted by Gasteiger charge is 2.13. The fourth-order valence-electron chi connectivity index (χ4n) is 3.23. The first-order chi connectivity index (χ1) is 10.2. The molecule has 0 aliphatic heterocycles. The number of nitrogens with one attached hydrogen (secondary N) is 1. The third kappa shape index (κ3) is 2.21. The van der Waals surface area contributed by atoms with Gasteiger partial charge in [0, 0.05) is 16.6 Å². The van der Waals surface area contributed by atoms with Crippen molar-refractivity contribution < 1.29 is 4.74 Å². The fourth-order valence-corrected chi connectivity index (χ4v) is 3.23. The van der Waals surface area contributed by atoms with E-state index in [1.54, 1.807) is 7.11 Å². The summed E-state index contributed by atoms with van der Waals surface area (Å²) in [5.74, 6) is 0.980. The zero-order chi connectivity index (χ0) is 15.0. The molecule has 2 heteroatoms. The van der Waals surface area contributed by atoms with Crippen LogP contribution in [0.1, 0.15) is 23.6 Å². The summed E-state index contributed by atoms with van der Waals surface area (Å²) < 4.78 is 5.47. The topological polar surface area (TPSA) is 25.0 Å². The summed E-state index contributed by atoms with van der Waals surface area (Å²) in [6.07, 6.45) is 1.02. The van der Waals surface area contributed by atoms with Gasteiger partial charge in [-0.3, -0.25) is 0 Å². The largest absolute Gasteiger partial charge is 0.496 e. The van der Waals surface area contributed by atoms with Crippen LogP contribution in [0.5, 0.6) is 5.75 Å². The van der Waals surface area contributed by atoms with Crippen LogP contribution in [-0.4, -0.2) is 12.1 Å². The summed E-state index contributed by atoms with van der Waals surface area (Å²) in [6.45, 7) is 6.41.